The van der Waals surface area contributed by atoms with Gasteiger partial charge in [0.05, 0.1) is 6.10 Å². The predicted molar refractivity (Wildman–Crippen MR) is 98.9 cm³/mol. The summed E-state index contributed by atoms with van der Waals surface area (Å²) in [6, 6.07) is 14.1. The highest BCUT2D eigenvalue weighted by Gasteiger charge is 2.29. The Bertz CT molecular complexity index is 703. The van der Waals surface area contributed by atoms with Gasteiger partial charge in [0.1, 0.15) is 5.69 Å². The number of urea groups is 1. The summed E-state index contributed by atoms with van der Waals surface area (Å²) in [4.78, 5) is 18.9. The van der Waals surface area contributed by atoms with Crippen LogP contribution < -0.4 is 10.1 Å². The van der Waals surface area contributed by atoms with Gasteiger partial charge in [-0.1, -0.05) is 30.3 Å². The average molecular weight is 339 g/mol. The summed E-state index contributed by atoms with van der Waals surface area (Å²) in [7, 11) is 0. The number of ether oxygens (including phenoxy) is 1. The molecule has 2 amide bonds. The van der Waals surface area contributed by atoms with Crippen LogP contribution in [0.25, 0.3) is 0 Å². The molecule has 2 heterocycles. The van der Waals surface area contributed by atoms with E-state index < -0.39 is 0 Å². The maximum Gasteiger partial charge on any atom is 0.322 e. The standard InChI is InChI=1S/C20H25N3O2/c1-15(2)25-19-18(11-6-12-21-19)22-20(24)23-13-7-10-17(23)14-16-8-4-3-5-9-16/h3-6,8-9,11-12,15,17H,7,10,13-14H2,1-2H3,(H,22,24). The van der Waals surface area contributed by atoms with Crippen molar-refractivity contribution in [1.82, 2.24) is 9.88 Å². The van der Waals surface area contributed by atoms with Crippen LogP contribution in [-0.4, -0.2) is 34.6 Å². The van der Waals surface area contributed by atoms with Gasteiger partial charge in [-0.3, -0.25) is 0 Å². The van der Waals surface area contributed by atoms with Crippen LogP contribution in [0, 0.1) is 0 Å². The summed E-state index contributed by atoms with van der Waals surface area (Å²) < 4.78 is 5.69. The summed E-state index contributed by atoms with van der Waals surface area (Å²) in [5, 5.41) is 2.97. The molecule has 1 saturated heterocycles. The van der Waals surface area contributed by atoms with Gasteiger partial charge in [0.25, 0.3) is 0 Å². The van der Waals surface area contributed by atoms with Gasteiger partial charge in [-0.05, 0) is 50.8 Å². The minimum absolute atomic E-state index is 0.00293. The van der Waals surface area contributed by atoms with Crippen LogP contribution in [0.15, 0.2) is 48.7 Å². The number of likely N-dealkylation sites (tertiary alicyclic amines) is 1. The molecule has 0 spiro atoms. The molecule has 3 rings (SSSR count). The molecule has 5 nitrogen and oxygen atoms in total. The fourth-order valence-electron chi connectivity index (χ4n) is 3.19. The summed E-state index contributed by atoms with van der Waals surface area (Å²) >= 11 is 0. The molecular formula is C20H25N3O2. The Kier molecular flexibility index (Phi) is 5.53. The number of nitrogens with zero attached hydrogens (tertiary/aromatic N) is 2. The second-order valence-corrected chi connectivity index (χ2v) is 6.63. The number of hydrogen-bond acceptors (Lipinski definition) is 3. The van der Waals surface area contributed by atoms with E-state index in [9.17, 15) is 4.79 Å². The molecule has 2 aromatic rings. The maximum absolute atomic E-state index is 12.8. The van der Waals surface area contributed by atoms with Gasteiger partial charge in [0.2, 0.25) is 5.88 Å². The Balaban J connectivity index is 1.68. The average Bonchev–Trinajstić information content (AvgIpc) is 3.05. The zero-order chi connectivity index (χ0) is 17.6. The number of benzene rings is 1. The molecule has 1 aliphatic heterocycles. The lowest BCUT2D eigenvalue weighted by atomic mass is 10.0. The van der Waals surface area contributed by atoms with Gasteiger partial charge >= 0.3 is 6.03 Å². The molecule has 1 aliphatic rings. The van der Waals surface area contributed by atoms with E-state index in [0.29, 0.717) is 11.6 Å². The highest BCUT2D eigenvalue weighted by Crippen LogP contribution is 2.25. The van der Waals surface area contributed by atoms with Gasteiger partial charge in [-0.2, -0.15) is 0 Å². The van der Waals surface area contributed by atoms with E-state index >= 15 is 0 Å². The Morgan fingerprint density at radius 2 is 2.08 bits per heavy atom. The number of amides is 2. The van der Waals surface area contributed by atoms with Crippen LogP contribution in [0.5, 0.6) is 5.88 Å². The van der Waals surface area contributed by atoms with Gasteiger partial charge in [0, 0.05) is 18.8 Å². The van der Waals surface area contributed by atoms with Crippen LogP contribution in [-0.2, 0) is 6.42 Å². The number of hydrogen-bond donors (Lipinski definition) is 1. The molecule has 5 heteroatoms. The number of rotatable bonds is 5. The smallest absolute Gasteiger partial charge is 0.322 e. The largest absolute Gasteiger partial charge is 0.473 e. The van der Waals surface area contributed by atoms with E-state index in [1.165, 1.54) is 5.56 Å². The summed E-state index contributed by atoms with van der Waals surface area (Å²) in [6.45, 7) is 4.66. The Labute approximate surface area is 149 Å². The molecule has 0 radical (unpaired) electrons. The normalized spacial score (nSPS) is 16.9. The third-order valence-corrected chi connectivity index (χ3v) is 4.31. The summed E-state index contributed by atoms with van der Waals surface area (Å²) in [6.07, 6.45) is 4.62. The molecule has 25 heavy (non-hydrogen) atoms. The van der Waals surface area contributed by atoms with Gasteiger partial charge in [-0.25, -0.2) is 9.78 Å². The number of nitrogens with one attached hydrogen (secondary N) is 1. The number of carbonyl (C=O) groups excluding carboxylic acids is 1. The second kappa shape index (κ2) is 8.01. The fourth-order valence-corrected chi connectivity index (χ4v) is 3.19. The quantitative estimate of drug-likeness (QED) is 0.892. The predicted octanol–water partition coefficient (Wildman–Crippen LogP) is 4.11. The minimum Gasteiger partial charge on any atom is -0.473 e. The molecule has 1 aromatic carbocycles. The zero-order valence-corrected chi connectivity index (χ0v) is 14.8. The van der Waals surface area contributed by atoms with E-state index in [4.69, 9.17) is 4.74 Å². The molecule has 1 unspecified atom stereocenters. The van der Waals surface area contributed by atoms with Gasteiger partial charge in [0.15, 0.2) is 0 Å². The Hall–Kier alpha value is -2.56. The summed E-state index contributed by atoms with van der Waals surface area (Å²) in [5.41, 5.74) is 1.88. The Morgan fingerprint density at radius 1 is 1.28 bits per heavy atom. The summed E-state index contributed by atoms with van der Waals surface area (Å²) in [5.74, 6) is 0.463. The molecular weight excluding hydrogens is 314 g/mol. The van der Waals surface area contributed by atoms with Gasteiger partial charge in [-0.15, -0.1) is 0 Å². The van der Waals surface area contributed by atoms with E-state index in [1.807, 2.05) is 43.0 Å². The maximum atomic E-state index is 12.8. The molecule has 1 fully saturated rings. The first-order chi connectivity index (χ1) is 12.1. The number of pyridine rings is 1. The van der Waals surface area contributed by atoms with Crippen LogP contribution in [0.1, 0.15) is 32.3 Å². The first kappa shape index (κ1) is 17.3. The lowest BCUT2D eigenvalue weighted by molar-refractivity contribution is 0.205. The SMILES string of the molecule is CC(C)Oc1ncccc1NC(=O)N1CCCC1Cc1ccccc1. The van der Waals surface area contributed by atoms with Crippen molar-refractivity contribution >= 4 is 11.7 Å². The van der Waals surface area contributed by atoms with Crippen molar-refractivity contribution in [2.45, 2.75) is 45.3 Å². The third-order valence-electron chi connectivity index (χ3n) is 4.31. The fraction of sp³-hybridized carbons (Fsp3) is 0.400. The van der Waals surface area contributed by atoms with Crippen molar-refractivity contribution in [3.8, 4) is 5.88 Å². The molecule has 0 aliphatic carbocycles. The van der Waals surface area contributed by atoms with Crippen molar-refractivity contribution < 1.29 is 9.53 Å². The lowest BCUT2D eigenvalue weighted by Crippen LogP contribution is -2.39. The number of carbonyl (C=O) groups is 1. The highest BCUT2D eigenvalue weighted by molar-refractivity contribution is 5.91. The molecule has 132 valence electrons. The van der Waals surface area contributed by atoms with Crippen LogP contribution in [0.3, 0.4) is 0 Å². The van der Waals surface area contributed by atoms with Gasteiger partial charge < -0.3 is 15.0 Å². The van der Waals surface area contributed by atoms with E-state index in [1.54, 1.807) is 12.3 Å². The molecule has 0 saturated carbocycles. The van der Waals surface area contributed by atoms with Crippen LogP contribution in [0.4, 0.5) is 10.5 Å². The first-order valence-electron chi connectivity index (χ1n) is 8.86. The monoisotopic (exact) mass is 339 g/mol. The van der Waals surface area contributed by atoms with Crippen molar-refractivity contribution in [3.05, 3.63) is 54.2 Å². The molecule has 1 atom stereocenters. The molecule has 1 N–H and O–H groups in total. The van der Waals surface area contributed by atoms with Crippen molar-refractivity contribution in [2.75, 3.05) is 11.9 Å². The topological polar surface area (TPSA) is 54.5 Å². The number of aromatic nitrogens is 1. The highest BCUT2D eigenvalue weighted by atomic mass is 16.5. The second-order valence-electron chi connectivity index (χ2n) is 6.63. The Morgan fingerprint density at radius 3 is 2.84 bits per heavy atom. The lowest BCUT2D eigenvalue weighted by Gasteiger charge is -2.25. The number of anilines is 1. The van der Waals surface area contributed by atoms with E-state index in [2.05, 4.69) is 22.4 Å². The van der Waals surface area contributed by atoms with E-state index in [0.717, 1.165) is 25.8 Å². The minimum atomic E-state index is -0.0833. The first-order valence-corrected chi connectivity index (χ1v) is 8.86. The van der Waals surface area contributed by atoms with Crippen molar-refractivity contribution in [3.63, 3.8) is 0 Å². The van der Waals surface area contributed by atoms with Crippen molar-refractivity contribution in [2.24, 2.45) is 0 Å². The van der Waals surface area contributed by atoms with E-state index in [-0.39, 0.29) is 18.2 Å². The van der Waals surface area contributed by atoms with Crippen LogP contribution in [0.2, 0.25) is 0 Å². The zero-order valence-electron chi connectivity index (χ0n) is 14.8. The van der Waals surface area contributed by atoms with Crippen molar-refractivity contribution in [1.29, 1.82) is 0 Å². The molecule has 0 bridgehead atoms. The van der Waals surface area contributed by atoms with Crippen LogP contribution >= 0.6 is 0 Å². The third kappa shape index (κ3) is 4.50. The molecule has 1 aromatic heterocycles.